The lowest BCUT2D eigenvalue weighted by atomic mass is 9.83. The van der Waals surface area contributed by atoms with E-state index in [-0.39, 0.29) is 12.4 Å². The monoisotopic (exact) mass is 379 g/mol. The van der Waals surface area contributed by atoms with Crippen LogP contribution in [0.4, 0.5) is 11.4 Å². The summed E-state index contributed by atoms with van der Waals surface area (Å²) in [6.45, 7) is 9.38. The second-order valence-electron chi connectivity index (χ2n) is 6.77. The summed E-state index contributed by atoms with van der Waals surface area (Å²) in [6, 6.07) is 15.4. The molecule has 1 N–H and O–H groups in total. The first-order valence-corrected chi connectivity index (χ1v) is 9.62. The Morgan fingerprint density at radius 1 is 1.00 bits per heavy atom. The maximum absolute atomic E-state index is 4.74. The van der Waals surface area contributed by atoms with Crippen molar-refractivity contribution >= 4 is 22.8 Å². The molecule has 3 nitrogen and oxygen atoms in total. The third-order valence-electron chi connectivity index (χ3n) is 5.29. The lowest BCUT2D eigenvalue weighted by Gasteiger charge is -2.24. The third-order valence-corrected chi connectivity index (χ3v) is 5.29. The first-order valence-electron chi connectivity index (χ1n) is 9.62. The topological polar surface area (TPSA) is 29.6 Å². The van der Waals surface area contributed by atoms with E-state index in [4.69, 9.17) is 4.99 Å². The Hall–Kier alpha value is -2.39. The second kappa shape index (κ2) is 8.10. The fourth-order valence-electron chi connectivity index (χ4n) is 3.97. The van der Waals surface area contributed by atoms with Crippen molar-refractivity contribution in [3.05, 3.63) is 70.8 Å². The molecule has 0 amide bonds. The number of nitrogens with one attached hydrogen (secondary N) is 1. The summed E-state index contributed by atoms with van der Waals surface area (Å²) in [5.74, 6) is 0. The summed E-state index contributed by atoms with van der Waals surface area (Å²) < 4.78 is 0. The van der Waals surface area contributed by atoms with Crippen LogP contribution >= 0.6 is 0 Å². The fourth-order valence-corrected chi connectivity index (χ4v) is 3.97. The van der Waals surface area contributed by atoms with Crippen LogP contribution in [0.2, 0.25) is 0 Å². The number of hydrogen-bond acceptors (Lipinski definition) is 2. The van der Waals surface area contributed by atoms with Gasteiger partial charge in [-0.15, -0.1) is 0 Å². The Labute approximate surface area is 168 Å². The summed E-state index contributed by atoms with van der Waals surface area (Å²) in [4.78, 5) is 10.8. The molecule has 1 aliphatic heterocycles. The number of rotatable bonds is 4. The van der Waals surface area contributed by atoms with Crippen molar-refractivity contribution in [2.75, 3.05) is 24.5 Å². The quantitative estimate of drug-likeness (QED) is 0.799. The molecule has 0 radical (unpaired) electrons. The van der Waals surface area contributed by atoms with Crippen LogP contribution in [-0.2, 0) is 6.42 Å². The van der Waals surface area contributed by atoms with Gasteiger partial charge in [0.1, 0.15) is 0 Å². The summed E-state index contributed by atoms with van der Waals surface area (Å²) in [5.41, 5.74) is 10.0. The van der Waals surface area contributed by atoms with Gasteiger partial charge in [0.15, 0.2) is 0 Å². The van der Waals surface area contributed by atoms with Gasteiger partial charge in [-0.2, -0.15) is 0 Å². The summed E-state index contributed by atoms with van der Waals surface area (Å²) in [5, 5.41) is 0. The summed E-state index contributed by atoms with van der Waals surface area (Å²) in [7, 11) is 0. The highest BCUT2D eigenvalue weighted by atomic mass is 35.5. The maximum Gasteiger partial charge on any atom is 0.215 e. The molecule has 0 spiro atoms. The van der Waals surface area contributed by atoms with Gasteiger partial charge in [-0.25, -0.2) is 4.99 Å². The van der Waals surface area contributed by atoms with Crippen molar-refractivity contribution in [3.63, 3.8) is 0 Å². The second-order valence-corrected chi connectivity index (χ2v) is 6.77. The zero-order valence-corrected chi connectivity index (χ0v) is 17.0. The van der Waals surface area contributed by atoms with Gasteiger partial charge in [0.2, 0.25) is 11.4 Å². The number of hydrogen-bond donors (Lipinski definition) is 1. The molecule has 2 aliphatic rings. The molecule has 4 rings (SSSR count). The predicted molar refractivity (Wildman–Crippen MR) is 110 cm³/mol. The first-order chi connectivity index (χ1) is 12.7. The van der Waals surface area contributed by atoms with Gasteiger partial charge in [0.25, 0.3) is 0 Å². The average molecular weight is 380 g/mol. The maximum atomic E-state index is 4.74. The molecular formula is C23H26ClN3. The van der Waals surface area contributed by atoms with Crippen molar-refractivity contribution in [2.45, 2.75) is 27.2 Å². The zero-order valence-electron chi connectivity index (χ0n) is 16.2. The summed E-state index contributed by atoms with van der Waals surface area (Å²) in [6.07, 6.45) is 3.21. The van der Waals surface area contributed by atoms with Crippen LogP contribution in [0.25, 0.3) is 0 Å². The van der Waals surface area contributed by atoms with Gasteiger partial charge in [-0.05, 0) is 45.0 Å². The number of fused-ring (bicyclic) bond motifs is 4. The fraction of sp³-hybridized carbons (Fsp3) is 0.304. The van der Waals surface area contributed by atoms with Crippen LogP contribution in [-0.4, -0.2) is 31.1 Å². The summed E-state index contributed by atoms with van der Waals surface area (Å²) >= 11 is 0. The van der Waals surface area contributed by atoms with E-state index in [0.717, 1.165) is 31.8 Å². The van der Waals surface area contributed by atoms with Gasteiger partial charge < -0.3 is 17.3 Å². The number of halogens is 1. The highest BCUT2D eigenvalue weighted by Crippen LogP contribution is 2.29. The highest BCUT2D eigenvalue weighted by Gasteiger charge is 2.31. The lowest BCUT2D eigenvalue weighted by Crippen LogP contribution is -3.00. The van der Waals surface area contributed by atoms with E-state index in [1.807, 2.05) is 0 Å². The Kier molecular flexibility index (Phi) is 5.81. The van der Waals surface area contributed by atoms with Crippen LogP contribution in [0.5, 0.6) is 0 Å². The first kappa shape index (κ1) is 19.4. The molecule has 0 saturated carbocycles. The SMILES string of the molecule is CCN=C1C=C2Cc3cc(N(CC)CC)ccc3[NH+]=C2c2ccccc21.[Cl-]. The highest BCUT2D eigenvalue weighted by molar-refractivity contribution is 6.26. The van der Waals surface area contributed by atoms with E-state index in [1.165, 1.54) is 39.3 Å². The van der Waals surface area contributed by atoms with Crippen LogP contribution < -0.4 is 22.3 Å². The van der Waals surface area contributed by atoms with Gasteiger partial charge in [-0.1, -0.05) is 18.2 Å². The van der Waals surface area contributed by atoms with Crippen LogP contribution in [0, 0.1) is 0 Å². The van der Waals surface area contributed by atoms with Crippen molar-refractivity contribution in [2.24, 2.45) is 4.99 Å². The van der Waals surface area contributed by atoms with Crippen LogP contribution in [0.15, 0.2) is 59.1 Å². The van der Waals surface area contributed by atoms with Gasteiger partial charge in [0.05, 0.1) is 11.3 Å². The molecule has 0 atom stereocenters. The van der Waals surface area contributed by atoms with Crippen LogP contribution in [0.1, 0.15) is 37.5 Å². The van der Waals surface area contributed by atoms with Gasteiger partial charge >= 0.3 is 0 Å². The minimum atomic E-state index is 0. The molecule has 0 unspecified atom stereocenters. The number of anilines is 1. The molecule has 1 aliphatic carbocycles. The van der Waals surface area contributed by atoms with E-state index < -0.39 is 0 Å². The standard InChI is InChI=1S/C23H25N3.ClH/c1-4-24-22-15-17-13-16-14-18(26(5-2)6-3)11-12-21(16)25-23(17)20-10-8-7-9-19(20)22;/h7-12,14-15H,4-6,13H2,1-3H3;1H. The molecule has 2 aromatic rings. The molecule has 0 saturated heterocycles. The largest absolute Gasteiger partial charge is 1.00 e. The lowest BCUT2D eigenvalue weighted by molar-refractivity contribution is -0.355. The molecule has 0 fully saturated rings. The van der Waals surface area contributed by atoms with Crippen LogP contribution in [0.3, 0.4) is 0 Å². The number of nitrogens with zero attached hydrogens (tertiary/aromatic N) is 2. The third kappa shape index (κ3) is 3.44. The van der Waals surface area contributed by atoms with Gasteiger partial charge in [-0.3, -0.25) is 4.99 Å². The molecule has 0 aromatic heterocycles. The molecular weight excluding hydrogens is 354 g/mol. The molecule has 0 bridgehead atoms. The number of aliphatic imine (C=N–C) groups is 1. The van der Waals surface area contributed by atoms with E-state index in [1.54, 1.807) is 0 Å². The Morgan fingerprint density at radius 2 is 1.74 bits per heavy atom. The van der Waals surface area contributed by atoms with Crippen molar-refractivity contribution in [1.29, 1.82) is 0 Å². The minimum Gasteiger partial charge on any atom is -1.00 e. The van der Waals surface area contributed by atoms with Gasteiger partial charge in [0, 0.05) is 54.5 Å². The number of allylic oxidation sites excluding steroid dienone is 2. The Morgan fingerprint density at radius 3 is 2.44 bits per heavy atom. The van der Waals surface area contributed by atoms with E-state index >= 15 is 0 Å². The van der Waals surface area contributed by atoms with E-state index in [0.29, 0.717) is 0 Å². The normalized spacial score (nSPS) is 15.7. The average Bonchev–Trinajstić information content (AvgIpc) is 2.68. The predicted octanol–water partition coefficient (Wildman–Crippen LogP) is 0.0433. The molecule has 140 valence electrons. The molecule has 1 heterocycles. The zero-order chi connectivity index (χ0) is 18.1. The smallest absolute Gasteiger partial charge is 0.215 e. The van der Waals surface area contributed by atoms with E-state index in [2.05, 4.69) is 79.2 Å². The minimum absolute atomic E-state index is 0. The van der Waals surface area contributed by atoms with Crippen molar-refractivity contribution in [1.82, 2.24) is 0 Å². The molecule has 4 heteroatoms. The van der Waals surface area contributed by atoms with Crippen molar-refractivity contribution in [3.8, 4) is 0 Å². The van der Waals surface area contributed by atoms with E-state index in [9.17, 15) is 0 Å². The Bertz CT molecular complexity index is 936. The number of benzene rings is 2. The molecule has 2 aromatic carbocycles. The molecule has 27 heavy (non-hydrogen) atoms. The van der Waals surface area contributed by atoms with Crippen molar-refractivity contribution < 1.29 is 17.4 Å². The Balaban J connectivity index is 0.00000210.